The third-order valence-corrected chi connectivity index (χ3v) is 3.18. The average molecular weight is 288 g/mol. The highest BCUT2D eigenvalue weighted by Gasteiger charge is 2.14. The van der Waals surface area contributed by atoms with E-state index in [0.717, 1.165) is 24.5 Å². The molecular formula is C15H26ClNO2. The Morgan fingerprint density at radius 3 is 2.37 bits per heavy atom. The Bertz CT molecular complexity index is 380. The van der Waals surface area contributed by atoms with E-state index in [2.05, 4.69) is 32.2 Å². The van der Waals surface area contributed by atoms with Crippen molar-refractivity contribution < 1.29 is 9.47 Å². The van der Waals surface area contributed by atoms with Crippen LogP contribution in [0.25, 0.3) is 0 Å². The molecular weight excluding hydrogens is 262 g/mol. The number of ether oxygens (including phenoxy) is 2. The van der Waals surface area contributed by atoms with Crippen LogP contribution < -0.4 is 14.8 Å². The number of methoxy groups -OCH3 is 1. The second kappa shape index (κ2) is 8.28. The van der Waals surface area contributed by atoms with E-state index < -0.39 is 0 Å². The molecule has 0 bridgehead atoms. The van der Waals surface area contributed by atoms with E-state index in [1.54, 1.807) is 7.11 Å². The van der Waals surface area contributed by atoms with Crippen molar-refractivity contribution in [3.63, 3.8) is 0 Å². The van der Waals surface area contributed by atoms with Gasteiger partial charge in [-0.2, -0.15) is 0 Å². The summed E-state index contributed by atoms with van der Waals surface area (Å²) in [6.45, 7) is 10.1. The van der Waals surface area contributed by atoms with E-state index in [9.17, 15) is 0 Å². The zero-order chi connectivity index (χ0) is 13.6. The van der Waals surface area contributed by atoms with Crippen LogP contribution in [0.1, 0.15) is 39.7 Å². The summed E-state index contributed by atoms with van der Waals surface area (Å²) in [6, 6.07) is 6.08. The molecule has 0 aromatic heterocycles. The molecule has 0 aliphatic carbocycles. The summed E-state index contributed by atoms with van der Waals surface area (Å²) in [5.41, 5.74) is 1.36. The molecule has 1 aromatic carbocycles. The Labute approximate surface area is 123 Å². The SMILES string of the molecule is CCOc1ccc(CNC(C)(C)CC)cc1OC.Cl. The topological polar surface area (TPSA) is 30.5 Å². The van der Waals surface area contributed by atoms with Crippen LogP contribution in [0.4, 0.5) is 0 Å². The molecule has 1 rings (SSSR count). The fourth-order valence-electron chi connectivity index (χ4n) is 1.56. The van der Waals surface area contributed by atoms with Gasteiger partial charge in [0.1, 0.15) is 0 Å². The Kier molecular flexibility index (Phi) is 7.88. The maximum atomic E-state index is 5.50. The summed E-state index contributed by atoms with van der Waals surface area (Å²) >= 11 is 0. The van der Waals surface area contributed by atoms with Crippen LogP contribution in [0.5, 0.6) is 11.5 Å². The van der Waals surface area contributed by atoms with E-state index in [0.29, 0.717) is 6.61 Å². The molecule has 0 amide bonds. The van der Waals surface area contributed by atoms with E-state index in [-0.39, 0.29) is 17.9 Å². The predicted molar refractivity (Wildman–Crippen MR) is 82.6 cm³/mol. The molecule has 0 aliphatic heterocycles. The second-order valence-corrected chi connectivity index (χ2v) is 5.01. The van der Waals surface area contributed by atoms with Crippen LogP contribution in [-0.4, -0.2) is 19.3 Å². The summed E-state index contributed by atoms with van der Waals surface area (Å²) in [4.78, 5) is 0. The van der Waals surface area contributed by atoms with Gasteiger partial charge in [0.25, 0.3) is 0 Å². The number of hydrogen-bond acceptors (Lipinski definition) is 3. The zero-order valence-corrected chi connectivity index (χ0v) is 13.4. The first-order valence-electron chi connectivity index (χ1n) is 6.57. The minimum atomic E-state index is 0. The molecule has 19 heavy (non-hydrogen) atoms. The molecule has 0 atom stereocenters. The number of rotatable bonds is 7. The molecule has 0 radical (unpaired) electrons. The maximum absolute atomic E-state index is 5.50. The summed E-state index contributed by atoms with van der Waals surface area (Å²) in [6.07, 6.45) is 1.10. The van der Waals surface area contributed by atoms with E-state index >= 15 is 0 Å². The Morgan fingerprint density at radius 1 is 1.16 bits per heavy atom. The standard InChI is InChI=1S/C15H25NO2.ClH/c1-6-15(3,4)16-11-12-8-9-13(18-7-2)14(10-12)17-5;/h8-10,16H,6-7,11H2,1-5H3;1H. The van der Waals surface area contributed by atoms with Crippen molar-refractivity contribution in [2.75, 3.05) is 13.7 Å². The molecule has 4 heteroatoms. The van der Waals surface area contributed by atoms with Crippen molar-refractivity contribution in [3.8, 4) is 11.5 Å². The van der Waals surface area contributed by atoms with Crippen LogP contribution in [-0.2, 0) is 6.54 Å². The average Bonchev–Trinajstić information content (AvgIpc) is 2.38. The van der Waals surface area contributed by atoms with Gasteiger partial charge in [-0.3, -0.25) is 0 Å². The lowest BCUT2D eigenvalue weighted by atomic mass is 10.0. The third-order valence-electron chi connectivity index (χ3n) is 3.18. The lowest BCUT2D eigenvalue weighted by Crippen LogP contribution is -2.37. The number of halogens is 1. The molecule has 0 saturated heterocycles. The van der Waals surface area contributed by atoms with Crippen molar-refractivity contribution >= 4 is 12.4 Å². The molecule has 0 fully saturated rings. The molecule has 0 aliphatic rings. The predicted octanol–water partition coefficient (Wildman–Crippen LogP) is 3.79. The van der Waals surface area contributed by atoms with Crippen LogP contribution in [0.2, 0.25) is 0 Å². The molecule has 1 aromatic rings. The second-order valence-electron chi connectivity index (χ2n) is 5.01. The Balaban J connectivity index is 0.00000324. The highest BCUT2D eigenvalue weighted by Crippen LogP contribution is 2.28. The molecule has 0 saturated carbocycles. The number of benzene rings is 1. The molecule has 3 nitrogen and oxygen atoms in total. The zero-order valence-electron chi connectivity index (χ0n) is 12.6. The fraction of sp³-hybridized carbons (Fsp3) is 0.600. The smallest absolute Gasteiger partial charge is 0.161 e. The van der Waals surface area contributed by atoms with Crippen molar-refractivity contribution in [1.29, 1.82) is 0 Å². The van der Waals surface area contributed by atoms with Crippen molar-refractivity contribution in [3.05, 3.63) is 23.8 Å². The first-order valence-corrected chi connectivity index (χ1v) is 6.57. The molecule has 0 spiro atoms. The van der Waals surface area contributed by atoms with Gasteiger partial charge < -0.3 is 14.8 Å². The normalized spacial score (nSPS) is 10.8. The van der Waals surface area contributed by atoms with E-state index in [1.165, 1.54) is 5.56 Å². The molecule has 0 unspecified atom stereocenters. The van der Waals surface area contributed by atoms with Gasteiger partial charge in [-0.15, -0.1) is 12.4 Å². The molecule has 1 N–H and O–H groups in total. The van der Waals surface area contributed by atoms with Gasteiger partial charge in [0.05, 0.1) is 13.7 Å². The Morgan fingerprint density at radius 2 is 1.84 bits per heavy atom. The number of nitrogens with one attached hydrogen (secondary N) is 1. The van der Waals surface area contributed by atoms with Gasteiger partial charge in [-0.1, -0.05) is 13.0 Å². The monoisotopic (exact) mass is 287 g/mol. The van der Waals surface area contributed by atoms with E-state index in [4.69, 9.17) is 9.47 Å². The van der Waals surface area contributed by atoms with Crippen LogP contribution in [0.15, 0.2) is 18.2 Å². The van der Waals surface area contributed by atoms with Crippen LogP contribution in [0, 0.1) is 0 Å². The number of hydrogen-bond donors (Lipinski definition) is 1. The van der Waals surface area contributed by atoms with Gasteiger partial charge in [-0.05, 0) is 44.9 Å². The van der Waals surface area contributed by atoms with Gasteiger partial charge in [0, 0.05) is 12.1 Å². The van der Waals surface area contributed by atoms with Crippen molar-refractivity contribution in [1.82, 2.24) is 5.32 Å². The maximum Gasteiger partial charge on any atom is 0.161 e. The molecule has 0 heterocycles. The highest BCUT2D eigenvalue weighted by atomic mass is 35.5. The summed E-state index contributed by atoms with van der Waals surface area (Å²) < 4.78 is 10.8. The van der Waals surface area contributed by atoms with E-state index in [1.807, 2.05) is 19.1 Å². The van der Waals surface area contributed by atoms with Gasteiger partial charge >= 0.3 is 0 Å². The first-order chi connectivity index (χ1) is 8.52. The fourth-order valence-corrected chi connectivity index (χ4v) is 1.56. The quantitative estimate of drug-likeness (QED) is 0.827. The van der Waals surface area contributed by atoms with Gasteiger partial charge in [-0.25, -0.2) is 0 Å². The van der Waals surface area contributed by atoms with Crippen LogP contribution >= 0.6 is 12.4 Å². The lowest BCUT2D eigenvalue weighted by molar-refractivity contribution is 0.310. The first kappa shape index (κ1) is 18.1. The van der Waals surface area contributed by atoms with Gasteiger partial charge in [0.15, 0.2) is 11.5 Å². The minimum absolute atomic E-state index is 0. The largest absolute Gasteiger partial charge is 0.493 e. The summed E-state index contributed by atoms with van der Waals surface area (Å²) in [5.74, 6) is 1.60. The Hall–Kier alpha value is -0.930. The van der Waals surface area contributed by atoms with Crippen molar-refractivity contribution in [2.24, 2.45) is 0 Å². The third kappa shape index (κ3) is 5.70. The summed E-state index contributed by atoms with van der Waals surface area (Å²) in [7, 11) is 1.67. The lowest BCUT2D eigenvalue weighted by Gasteiger charge is -2.24. The van der Waals surface area contributed by atoms with Crippen molar-refractivity contribution in [2.45, 2.75) is 46.2 Å². The van der Waals surface area contributed by atoms with Gasteiger partial charge in [0.2, 0.25) is 0 Å². The minimum Gasteiger partial charge on any atom is -0.493 e. The highest BCUT2D eigenvalue weighted by molar-refractivity contribution is 5.85. The summed E-state index contributed by atoms with van der Waals surface area (Å²) in [5, 5.41) is 3.53. The van der Waals surface area contributed by atoms with Crippen LogP contribution in [0.3, 0.4) is 0 Å². The molecule has 110 valence electrons.